The smallest absolute Gasteiger partial charge is 0.330 e. The molecule has 0 aromatic carbocycles. The molecule has 0 aliphatic heterocycles. The molecular weight excluding hydrogens is 270 g/mol. The second-order valence-corrected chi connectivity index (χ2v) is 3.89. The number of nitrogens with zero attached hydrogens (tertiary/aromatic N) is 1. The van der Waals surface area contributed by atoms with Crippen LogP contribution >= 0.6 is 0 Å². The van der Waals surface area contributed by atoms with Crippen LogP contribution < -0.4 is 0 Å². The highest BCUT2D eigenvalue weighted by Crippen LogP contribution is 1.88. The fourth-order valence-electron chi connectivity index (χ4n) is 1.05. The molecule has 0 amide bonds. The van der Waals surface area contributed by atoms with Crippen molar-refractivity contribution in [3.63, 3.8) is 0 Å². The van der Waals surface area contributed by atoms with E-state index in [1.54, 1.807) is 0 Å². The lowest BCUT2D eigenvalue weighted by atomic mass is 10.4. The molecule has 0 rings (SSSR count). The normalized spacial score (nSPS) is 8.62. The van der Waals surface area contributed by atoms with Gasteiger partial charge in [-0.15, -0.1) is 0 Å². The van der Waals surface area contributed by atoms with E-state index >= 15 is 0 Å². The van der Waals surface area contributed by atoms with Gasteiger partial charge in [0, 0.05) is 12.2 Å². The van der Waals surface area contributed by atoms with Gasteiger partial charge in [0.25, 0.3) is 0 Å². The van der Waals surface area contributed by atoms with Crippen LogP contribution in [-0.4, -0.2) is 48.2 Å². The third kappa shape index (κ3) is 27.5. The van der Waals surface area contributed by atoms with Crippen molar-refractivity contribution >= 4 is 11.9 Å². The molecule has 0 spiro atoms. The summed E-state index contributed by atoms with van der Waals surface area (Å²) in [4.78, 5) is 22.0. The van der Waals surface area contributed by atoms with Crippen molar-refractivity contribution in [1.82, 2.24) is 4.90 Å². The van der Waals surface area contributed by atoms with Gasteiger partial charge in [-0.25, -0.2) is 9.59 Å². The molecule has 0 atom stereocenters. The Morgan fingerprint density at radius 1 is 1.05 bits per heavy atom. The summed E-state index contributed by atoms with van der Waals surface area (Å²) in [6.07, 6.45) is 3.99. The number of aliphatic carboxylic acids is 1. The summed E-state index contributed by atoms with van der Waals surface area (Å²) in [5.41, 5.74) is 0. The summed E-state index contributed by atoms with van der Waals surface area (Å²) < 4.78 is 4.67. The molecule has 5 heteroatoms. The van der Waals surface area contributed by atoms with Crippen molar-refractivity contribution in [3.8, 4) is 0 Å². The quantitative estimate of drug-likeness (QED) is 0.424. The SMILES string of the molecule is C=CC(=O)O.C=CC(=O)OCCCC.CCN(CC)CC. The Kier molecular flexibility index (Phi) is 24.0. The summed E-state index contributed by atoms with van der Waals surface area (Å²) >= 11 is 0. The molecule has 0 heterocycles. The Morgan fingerprint density at radius 3 is 1.67 bits per heavy atom. The van der Waals surface area contributed by atoms with Gasteiger partial charge in [0.05, 0.1) is 6.61 Å². The number of rotatable bonds is 8. The first-order valence-electron chi connectivity index (χ1n) is 7.30. The standard InChI is InChI=1S/C7H12O2.C6H15N.C3H4O2/c1-3-5-6-9-7(8)4-2;1-4-7(5-2)6-3;1-2-3(4)5/h4H,2-3,5-6H2,1H3;4-6H2,1-3H3;2H,1H2,(H,4,5). The highest BCUT2D eigenvalue weighted by Gasteiger charge is 1.91. The van der Waals surface area contributed by atoms with E-state index in [2.05, 4.69) is 43.6 Å². The number of hydrogen-bond acceptors (Lipinski definition) is 4. The van der Waals surface area contributed by atoms with E-state index < -0.39 is 5.97 Å². The second-order valence-electron chi connectivity index (χ2n) is 3.89. The molecule has 0 radical (unpaired) electrons. The number of carboxylic acid groups (broad SMARTS) is 1. The summed E-state index contributed by atoms with van der Waals surface area (Å²) in [5.74, 6) is -1.31. The maximum atomic E-state index is 10.3. The van der Waals surface area contributed by atoms with Gasteiger partial charge in [-0.05, 0) is 26.1 Å². The molecule has 0 bridgehead atoms. The minimum absolute atomic E-state index is 0.330. The topological polar surface area (TPSA) is 66.8 Å². The molecule has 0 unspecified atom stereocenters. The average Bonchev–Trinajstić information content (AvgIpc) is 2.50. The van der Waals surface area contributed by atoms with Crippen LogP contribution in [0.4, 0.5) is 0 Å². The Morgan fingerprint density at radius 2 is 1.48 bits per heavy atom. The fraction of sp³-hybridized carbons (Fsp3) is 0.625. The molecule has 0 aliphatic rings. The predicted octanol–water partition coefficient (Wildman–Crippen LogP) is 3.12. The highest BCUT2D eigenvalue weighted by molar-refractivity contribution is 5.81. The zero-order valence-electron chi connectivity index (χ0n) is 13.9. The van der Waals surface area contributed by atoms with Gasteiger partial charge in [0.15, 0.2) is 0 Å². The highest BCUT2D eigenvalue weighted by atomic mass is 16.5. The minimum Gasteiger partial charge on any atom is -0.478 e. The average molecular weight is 301 g/mol. The number of carbonyl (C=O) groups is 2. The van der Waals surface area contributed by atoms with E-state index in [4.69, 9.17) is 5.11 Å². The summed E-state index contributed by atoms with van der Waals surface area (Å²) in [6.45, 7) is 18.9. The van der Waals surface area contributed by atoms with Crippen LogP contribution in [0.1, 0.15) is 40.5 Å². The number of ether oxygens (including phenoxy) is 1. The van der Waals surface area contributed by atoms with Crippen LogP contribution in [0.3, 0.4) is 0 Å². The number of hydrogen-bond donors (Lipinski definition) is 1. The Balaban J connectivity index is -0.000000242. The van der Waals surface area contributed by atoms with Crippen LogP contribution in [-0.2, 0) is 14.3 Å². The van der Waals surface area contributed by atoms with Gasteiger partial charge in [0.1, 0.15) is 0 Å². The van der Waals surface area contributed by atoms with Crippen molar-refractivity contribution in [2.45, 2.75) is 40.5 Å². The van der Waals surface area contributed by atoms with E-state index in [0.717, 1.165) is 18.9 Å². The number of carbonyl (C=O) groups excluding carboxylic acids is 1. The molecule has 5 nitrogen and oxygen atoms in total. The molecular formula is C16H31NO4. The van der Waals surface area contributed by atoms with Gasteiger partial charge >= 0.3 is 11.9 Å². The number of unbranched alkanes of at least 4 members (excludes halogenated alkanes) is 1. The molecule has 0 aliphatic carbocycles. The molecule has 0 fully saturated rings. The van der Waals surface area contributed by atoms with Gasteiger partial charge < -0.3 is 14.7 Å². The summed E-state index contributed by atoms with van der Waals surface area (Å²) in [7, 11) is 0. The lowest BCUT2D eigenvalue weighted by molar-refractivity contribution is -0.137. The maximum absolute atomic E-state index is 10.3. The Labute approximate surface area is 129 Å². The first-order chi connectivity index (χ1) is 9.92. The van der Waals surface area contributed by atoms with E-state index in [9.17, 15) is 9.59 Å². The molecule has 21 heavy (non-hydrogen) atoms. The molecule has 1 N–H and O–H groups in total. The van der Waals surface area contributed by atoms with Gasteiger partial charge in [0.2, 0.25) is 0 Å². The van der Waals surface area contributed by atoms with Gasteiger partial charge in [-0.3, -0.25) is 0 Å². The van der Waals surface area contributed by atoms with E-state index in [1.165, 1.54) is 25.7 Å². The summed E-state index contributed by atoms with van der Waals surface area (Å²) in [5, 5.41) is 7.60. The number of esters is 1. The zero-order chi connectivity index (χ0) is 17.1. The predicted molar refractivity (Wildman–Crippen MR) is 87.4 cm³/mol. The Bertz CT molecular complexity index is 268. The van der Waals surface area contributed by atoms with Crippen molar-refractivity contribution < 1.29 is 19.4 Å². The van der Waals surface area contributed by atoms with Gasteiger partial charge in [-0.1, -0.05) is 47.3 Å². The van der Waals surface area contributed by atoms with Crippen LogP contribution in [0.25, 0.3) is 0 Å². The van der Waals surface area contributed by atoms with E-state index in [1.807, 2.05) is 6.92 Å². The maximum Gasteiger partial charge on any atom is 0.330 e. The zero-order valence-corrected chi connectivity index (χ0v) is 13.9. The van der Waals surface area contributed by atoms with Crippen molar-refractivity contribution in [2.24, 2.45) is 0 Å². The second kappa shape index (κ2) is 20.7. The monoisotopic (exact) mass is 301 g/mol. The third-order valence-electron chi connectivity index (χ3n) is 2.43. The van der Waals surface area contributed by atoms with Crippen LogP contribution in [0.5, 0.6) is 0 Å². The van der Waals surface area contributed by atoms with E-state index in [-0.39, 0.29) is 5.97 Å². The lowest BCUT2D eigenvalue weighted by Crippen LogP contribution is -2.21. The first kappa shape index (κ1) is 24.4. The third-order valence-corrected chi connectivity index (χ3v) is 2.43. The minimum atomic E-state index is -0.981. The van der Waals surface area contributed by atoms with Crippen molar-refractivity contribution in [2.75, 3.05) is 26.2 Å². The first-order valence-corrected chi connectivity index (χ1v) is 7.30. The molecule has 0 aromatic rings. The fourth-order valence-corrected chi connectivity index (χ4v) is 1.05. The largest absolute Gasteiger partial charge is 0.478 e. The van der Waals surface area contributed by atoms with E-state index in [0.29, 0.717) is 6.61 Å². The van der Waals surface area contributed by atoms with Crippen molar-refractivity contribution in [1.29, 1.82) is 0 Å². The molecule has 0 saturated carbocycles. The number of carboxylic acids is 1. The Hall–Kier alpha value is -1.62. The lowest BCUT2D eigenvalue weighted by Gasteiger charge is -2.13. The van der Waals surface area contributed by atoms with Crippen LogP contribution in [0.2, 0.25) is 0 Å². The van der Waals surface area contributed by atoms with Gasteiger partial charge in [-0.2, -0.15) is 0 Å². The van der Waals surface area contributed by atoms with Crippen molar-refractivity contribution in [3.05, 3.63) is 25.3 Å². The molecule has 124 valence electrons. The molecule has 0 aromatic heterocycles. The summed E-state index contributed by atoms with van der Waals surface area (Å²) in [6, 6.07) is 0. The molecule has 0 saturated heterocycles. The van der Waals surface area contributed by atoms with Crippen LogP contribution in [0, 0.1) is 0 Å². The van der Waals surface area contributed by atoms with Crippen LogP contribution in [0.15, 0.2) is 25.3 Å².